The van der Waals surface area contributed by atoms with Gasteiger partial charge in [-0.05, 0) is 40.8 Å². The Morgan fingerprint density at radius 1 is 1.00 bits per heavy atom. The highest BCUT2D eigenvalue weighted by molar-refractivity contribution is 6.43. The summed E-state index contributed by atoms with van der Waals surface area (Å²) in [6.45, 7) is 7.28. The number of benzene rings is 2. The lowest BCUT2D eigenvalue weighted by molar-refractivity contribution is 0.201. The number of nitrogens with one attached hydrogen (secondary N) is 1. The second-order valence-corrected chi connectivity index (χ2v) is 8.70. The molecular weight excluding hydrogens is 407 g/mol. The van der Waals surface area contributed by atoms with Crippen molar-refractivity contribution in [3.8, 4) is 0 Å². The highest BCUT2D eigenvalue weighted by Crippen LogP contribution is 2.30. The van der Waals surface area contributed by atoms with E-state index in [-0.39, 0.29) is 11.4 Å². The van der Waals surface area contributed by atoms with Crippen LogP contribution in [0, 0.1) is 0 Å². The van der Waals surface area contributed by atoms with E-state index in [1.807, 2.05) is 6.07 Å². The molecule has 0 aliphatic carbocycles. The summed E-state index contributed by atoms with van der Waals surface area (Å²) in [4.78, 5) is 14.7. The van der Waals surface area contributed by atoms with Crippen LogP contribution in [0.2, 0.25) is 10.0 Å². The topological polar surface area (TPSA) is 45.5 Å². The molecule has 0 fully saturated rings. The first kappa shape index (κ1) is 21.3. The Morgan fingerprint density at radius 3 is 2.34 bits per heavy atom. The first-order valence-electron chi connectivity index (χ1n) is 9.36. The molecule has 0 unspecified atom stereocenters. The van der Waals surface area contributed by atoms with Crippen LogP contribution in [0.1, 0.15) is 37.7 Å². The van der Waals surface area contributed by atoms with Gasteiger partial charge in [0.25, 0.3) is 0 Å². The molecule has 0 radical (unpaired) electrons. The van der Waals surface area contributed by atoms with Crippen LogP contribution in [0.25, 0.3) is 0 Å². The number of halogens is 2. The fourth-order valence-electron chi connectivity index (χ4n) is 2.92. The number of hydrogen-bond acceptors (Lipinski definition) is 2. The zero-order chi connectivity index (χ0) is 21.0. The Bertz CT molecular complexity index is 962. The Balaban J connectivity index is 1.80. The largest absolute Gasteiger partial charge is 0.467 e. The number of carbonyl (C=O) groups is 1. The van der Waals surface area contributed by atoms with Crippen molar-refractivity contribution in [2.24, 2.45) is 0 Å². The van der Waals surface area contributed by atoms with Gasteiger partial charge in [0, 0.05) is 6.54 Å². The quantitative estimate of drug-likeness (QED) is 0.468. The lowest BCUT2D eigenvalue weighted by atomic mass is 9.87. The fraction of sp³-hybridized carbons (Fsp3) is 0.261. The molecule has 6 heteroatoms. The number of nitrogens with zero attached hydrogens (tertiary/aromatic N) is 1. The molecule has 0 saturated heterocycles. The van der Waals surface area contributed by atoms with Crippen molar-refractivity contribution in [2.75, 3.05) is 5.32 Å². The molecule has 1 aromatic heterocycles. The molecule has 29 heavy (non-hydrogen) atoms. The zero-order valence-corrected chi connectivity index (χ0v) is 18.2. The average Bonchev–Trinajstić information content (AvgIpc) is 3.18. The third-order valence-electron chi connectivity index (χ3n) is 4.60. The van der Waals surface area contributed by atoms with Crippen molar-refractivity contribution in [1.82, 2.24) is 4.90 Å². The van der Waals surface area contributed by atoms with Gasteiger partial charge in [0.05, 0.1) is 28.5 Å². The van der Waals surface area contributed by atoms with E-state index in [1.54, 1.807) is 35.4 Å². The minimum atomic E-state index is -0.287. The summed E-state index contributed by atoms with van der Waals surface area (Å²) in [6.07, 6.45) is 1.59. The molecule has 3 rings (SSSR count). The molecule has 0 atom stereocenters. The minimum Gasteiger partial charge on any atom is -0.467 e. The first-order chi connectivity index (χ1) is 13.7. The minimum absolute atomic E-state index is 0.0765. The Hall–Kier alpha value is -2.43. The van der Waals surface area contributed by atoms with E-state index in [0.29, 0.717) is 34.6 Å². The van der Waals surface area contributed by atoms with E-state index in [9.17, 15) is 4.79 Å². The molecule has 0 saturated carbocycles. The third-order valence-corrected chi connectivity index (χ3v) is 5.42. The third kappa shape index (κ3) is 5.55. The van der Waals surface area contributed by atoms with Crippen LogP contribution < -0.4 is 5.32 Å². The molecule has 0 aliphatic heterocycles. The molecule has 1 heterocycles. The molecule has 152 valence electrons. The van der Waals surface area contributed by atoms with Crippen molar-refractivity contribution in [3.05, 3.63) is 87.8 Å². The van der Waals surface area contributed by atoms with E-state index in [4.69, 9.17) is 27.6 Å². The van der Waals surface area contributed by atoms with E-state index in [2.05, 4.69) is 50.4 Å². The predicted octanol–water partition coefficient (Wildman–Crippen LogP) is 7.12. The summed E-state index contributed by atoms with van der Waals surface area (Å²) in [5.41, 5.74) is 2.81. The number of urea groups is 1. The second kappa shape index (κ2) is 8.93. The molecule has 0 spiro atoms. The average molecular weight is 431 g/mol. The predicted molar refractivity (Wildman–Crippen MR) is 119 cm³/mol. The van der Waals surface area contributed by atoms with Gasteiger partial charge >= 0.3 is 6.03 Å². The van der Waals surface area contributed by atoms with Gasteiger partial charge in [0.15, 0.2) is 0 Å². The highest BCUT2D eigenvalue weighted by atomic mass is 35.5. The number of rotatable bonds is 5. The Kier molecular flexibility index (Phi) is 6.56. The highest BCUT2D eigenvalue weighted by Gasteiger charge is 2.19. The van der Waals surface area contributed by atoms with Gasteiger partial charge in [-0.1, -0.05) is 74.3 Å². The van der Waals surface area contributed by atoms with Crippen molar-refractivity contribution in [1.29, 1.82) is 0 Å². The molecule has 2 amide bonds. The van der Waals surface area contributed by atoms with E-state index >= 15 is 0 Å². The standard InChI is InChI=1S/C23H24Cl2N2O2/c1-23(2,3)17-11-9-16(10-12-17)14-27(15-18-6-5-13-29-18)22(28)26-20-8-4-7-19(24)21(20)25/h4-13H,14-15H2,1-3H3,(H,26,28). The van der Waals surface area contributed by atoms with Crippen LogP contribution in [-0.2, 0) is 18.5 Å². The summed E-state index contributed by atoms with van der Waals surface area (Å²) < 4.78 is 5.44. The van der Waals surface area contributed by atoms with E-state index < -0.39 is 0 Å². The molecule has 0 aliphatic rings. The van der Waals surface area contributed by atoms with Gasteiger partial charge in [-0.15, -0.1) is 0 Å². The van der Waals surface area contributed by atoms with Crippen LogP contribution >= 0.6 is 23.2 Å². The van der Waals surface area contributed by atoms with Gasteiger partial charge in [-0.2, -0.15) is 0 Å². The molecule has 0 bridgehead atoms. The maximum absolute atomic E-state index is 13.0. The molecule has 2 aromatic carbocycles. The number of hydrogen-bond donors (Lipinski definition) is 1. The first-order valence-corrected chi connectivity index (χ1v) is 10.1. The molecule has 3 aromatic rings. The summed E-state index contributed by atoms with van der Waals surface area (Å²) in [5.74, 6) is 0.698. The maximum Gasteiger partial charge on any atom is 0.322 e. The summed E-state index contributed by atoms with van der Waals surface area (Å²) in [5, 5.41) is 3.55. The van der Waals surface area contributed by atoms with E-state index in [0.717, 1.165) is 5.56 Å². The van der Waals surface area contributed by atoms with Gasteiger partial charge in [0.2, 0.25) is 0 Å². The summed E-state index contributed by atoms with van der Waals surface area (Å²) in [7, 11) is 0. The number of anilines is 1. The molecule has 4 nitrogen and oxygen atoms in total. The van der Waals surface area contributed by atoms with Gasteiger partial charge < -0.3 is 14.6 Å². The van der Waals surface area contributed by atoms with Crippen LogP contribution in [0.3, 0.4) is 0 Å². The lowest BCUT2D eigenvalue weighted by Gasteiger charge is -2.24. The number of amides is 2. The molecule has 1 N–H and O–H groups in total. The van der Waals surface area contributed by atoms with Crippen LogP contribution in [0.4, 0.5) is 10.5 Å². The van der Waals surface area contributed by atoms with Crippen LogP contribution in [0.5, 0.6) is 0 Å². The van der Waals surface area contributed by atoms with Crippen LogP contribution in [-0.4, -0.2) is 10.9 Å². The van der Waals surface area contributed by atoms with E-state index in [1.165, 1.54) is 5.56 Å². The van der Waals surface area contributed by atoms with Crippen molar-refractivity contribution in [2.45, 2.75) is 39.3 Å². The van der Waals surface area contributed by atoms with Crippen LogP contribution in [0.15, 0.2) is 65.3 Å². The Morgan fingerprint density at radius 2 is 1.72 bits per heavy atom. The SMILES string of the molecule is CC(C)(C)c1ccc(CN(Cc2ccco2)C(=O)Nc2cccc(Cl)c2Cl)cc1. The summed E-state index contributed by atoms with van der Waals surface area (Å²) >= 11 is 12.3. The second-order valence-electron chi connectivity index (χ2n) is 7.91. The fourth-order valence-corrected chi connectivity index (χ4v) is 3.26. The summed E-state index contributed by atoms with van der Waals surface area (Å²) in [6, 6.07) is 16.8. The lowest BCUT2D eigenvalue weighted by Crippen LogP contribution is -2.34. The van der Waals surface area contributed by atoms with Crippen molar-refractivity contribution in [3.63, 3.8) is 0 Å². The normalized spacial score (nSPS) is 11.3. The van der Waals surface area contributed by atoms with Gasteiger partial charge in [-0.25, -0.2) is 4.79 Å². The zero-order valence-electron chi connectivity index (χ0n) is 16.7. The van der Waals surface area contributed by atoms with Gasteiger partial charge in [0.1, 0.15) is 5.76 Å². The smallest absolute Gasteiger partial charge is 0.322 e. The van der Waals surface area contributed by atoms with Gasteiger partial charge in [-0.3, -0.25) is 0 Å². The molecular formula is C23H24Cl2N2O2. The number of carbonyl (C=O) groups excluding carboxylic acids is 1. The van der Waals surface area contributed by atoms with Crippen molar-refractivity contribution >= 4 is 34.9 Å². The Labute approximate surface area is 181 Å². The maximum atomic E-state index is 13.0. The monoisotopic (exact) mass is 430 g/mol. The van der Waals surface area contributed by atoms with Crippen molar-refractivity contribution < 1.29 is 9.21 Å². The number of furan rings is 1.